The number of hydrogen-bond donors (Lipinski definition) is 0. The second-order valence-electron chi connectivity index (χ2n) is 5.51. The molecule has 0 aromatic carbocycles. The fraction of sp³-hybridized carbons (Fsp3) is 0.733. The molecule has 0 aromatic rings. The van der Waals surface area contributed by atoms with Crippen LogP contribution in [0.2, 0.25) is 0 Å². The lowest BCUT2D eigenvalue weighted by atomic mass is 9.67. The van der Waals surface area contributed by atoms with E-state index in [4.69, 9.17) is 4.74 Å². The van der Waals surface area contributed by atoms with Crippen LogP contribution in [0.5, 0.6) is 0 Å². The van der Waals surface area contributed by atoms with Crippen LogP contribution in [0.25, 0.3) is 0 Å². The van der Waals surface area contributed by atoms with Crippen LogP contribution in [0.4, 0.5) is 0 Å². The molecule has 1 aliphatic rings. The van der Waals surface area contributed by atoms with Crippen LogP contribution in [-0.2, 0) is 4.74 Å². The molecule has 0 aliphatic heterocycles. The van der Waals surface area contributed by atoms with Crippen molar-refractivity contribution in [1.29, 1.82) is 0 Å². The first-order chi connectivity index (χ1) is 7.47. The third kappa shape index (κ3) is 3.40. The highest BCUT2D eigenvalue weighted by Gasteiger charge is 2.31. The molecule has 0 heterocycles. The Labute approximate surface area is 101 Å². The van der Waals surface area contributed by atoms with E-state index in [1.165, 1.54) is 12.8 Å². The van der Waals surface area contributed by atoms with Gasteiger partial charge in [0.1, 0.15) is 0 Å². The molecule has 1 unspecified atom stereocenters. The van der Waals surface area contributed by atoms with Crippen LogP contribution in [0.3, 0.4) is 0 Å². The molecule has 0 aromatic heterocycles. The summed E-state index contributed by atoms with van der Waals surface area (Å²) in [5.74, 6) is 1.74. The van der Waals surface area contributed by atoms with Gasteiger partial charge in [-0.15, -0.1) is 0 Å². The number of ether oxygens (including phenoxy) is 1. The van der Waals surface area contributed by atoms with Gasteiger partial charge in [0.05, 0.1) is 12.4 Å². The van der Waals surface area contributed by atoms with Gasteiger partial charge in [-0.25, -0.2) is 0 Å². The molecule has 0 N–H and O–H groups in total. The minimum Gasteiger partial charge on any atom is -0.499 e. The topological polar surface area (TPSA) is 9.23 Å². The maximum Gasteiger partial charge on any atom is 0.0889 e. The largest absolute Gasteiger partial charge is 0.499 e. The van der Waals surface area contributed by atoms with E-state index in [1.807, 2.05) is 6.92 Å². The van der Waals surface area contributed by atoms with Crippen LogP contribution < -0.4 is 0 Å². The lowest BCUT2D eigenvalue weighted by molar-refractivity contribution is 0.207. The number of hydrogen-bond acceptors (Lipinski definition) is 1. The number of allylic oxidation sites excluding steroid dienone is 4. The van der Waals surface area contributed by atoms with Crippen molar-refractivity contribution < 1.29 is 4.74 Å². The Kier molecular flexibility index (Phi) is 4.64. The Morgan fingerprint density at radius 1 is 1.56 bits per heavy atom. The average Bonchev–Trinajstić information content (AvgIpc) is 2.16. The molecular formula is C15H26O. The van der Waals surface area contributed by atoms with Crippen LogP contribution in [-0.4, -0.2) is 6.61 Å². The SMILES string of the molecule is CCOC(C)=CCC1C(C)=CCCC1(C)C. The molecule has 0 saturated heterocycles. The minimum atomic E-state index is 0.432. The first-order valence-corrected chi connectivity index (χ1v) is 6.43. The molecule has 1 aliphatic carbocycles. The molecule has 16 heavy (non-hydrogen) atoms. The summed E-state index contributed by atoms with van der Waals surface area (Å²) in [5.41, 5.74) is 1.98. The zero-order valence-electron chi connectivity index (χ0n) is 11.5. The molecule has 92 valence electrons. The van der Waals surface area contributed by atoms with Gasteiger partial charge in [-0.1, -0.05) is 25.5 Å². The van der Waals surface area contributed by atoms with Gasteiger partial charge in [0, 0.05) is 0 Å². The van der Waals surface area contributed by atoms with Gasteiger partial charge in [-0.05, 0) is 57.4 Å². The lowest BCUT2D eigenvalue weighted by Gasteiger charge is -2.38. The molecule has 0 saturated carbocycles. The third-order valence-corrected chi connectivity index (χ3v) is 3.76. The Balaban J connectivity index is 2.67. The molecule has 1 atom stereocenters. The third-order valence-electron chi connectivity index (χ3n) is 3.76. The maximum atomic E-state index is 5.48. The quantitative estimate of drug-likeness (QED) is 0.495. The van der Waals surface area contributed by atoms with E-state index in [-0.39, 0.29) is 0 Å². The summed E-state index contributed by atoms with van der Waals surface area (Å²) in [5, 5.41) is 0. The van der Waals surface area contributed by atoms with Crippen molar-refractivity contribution >= 4 is 0 Å². The van der Waals surface area contributed by atoms with E-state index in [0.717, 1.165) is 18.8 Å². The van der Waals surface area contributed by atoms with Crippen molar-refractivity contribution in [2.75, 3.05) is 6.61 Å². The zero-order valence-corrected chi connectivity index (χ0v) is 11.5. The highest BCUT2D eigenvalue weighted by molar-refractivity contribution is 5.14. The van der Waals surface area contributed by atoms with Crippen molar-refractivity contribution in [2.45, 2.75) is 53.9 Å². The van der Waals surface area contributed by atoms with Gasteiger partial charge < -0.3 is 4.74 Å². The van der Waals surface area contributed by atoms with E-state index in [0.29, 0.717) is 11.3 Å². The summed E-state index contributed by atoms with van der Waals surface area (Å²) < 4.78 is 5.48. The Morgan fingerprint density at radius 2 is 2.25 bits per heavy atom. The highest BCUT2D eigenvalue weighted by atomic mass is 16.5. The van der Waals surface area contributed by atoms with Gasteiger partial charge in [-0.2, -0.15) is 0 Å². The summed E-state index contributed by atoms with van der Waals surface area (Å²) in [4.78, 5) is 0. The molecule has 0 radical (unpaired) electrons. The predicted octanol–water partition coefficient (Wildman–Crippen LogP) is 4.70. The summed E-state index contributed by atoms with van der Waals surface area (Å²) in [6, 6.07) is 0. The van der Waals surface area contributed by atoms with Crippen LogP contribution in [0, 0.1) is 11.3 Å². The molecule has 1 heteroatoms. The second-order valence-corrected chi connectivity index (χ2v) is 5.51. The standard InChI is InChI=1S/C15H26O/c1-6-16-13(3)9-10-14-12(2)8-7-11-15(14,4)5/h8-9,14H,6-7,10-11H2,1-5H3. The highest BCUT2D eigenvalue weighted by Crippen LogP contribution is 2.42. The summed E-state index contributed by atoms with van der Waals surface area (Å²) >= 11 is 0. The molecule has 0 fully saturated rings. The smallest absolute Gasteiger partial charge is 0.0889 e. The van der Waals surface area contributed by atoms with E-state index in [9.17, 15) is 0 Å². The van der Waals surface area contributed by atoms with Crippen LogP contribution in [0.1, 0.15) is 53.9 Å². The van der Waals surface area contributed by atoms with E-state index >= 15 is 0 Å². The lowest BCUT2D eigenvalue weighted by Crippen LogP contribution is -2.27. The van der Waals surface area contributed by atoms with Gasteiger partial charge in [-0.3, -0.25) is 0 Å². The van der Waals surface area contributed by atoms with Gasteiger partial charge in [0.15, 0.2) is 0 Å². The molecule has 1 rings (SSSR count). The normalized spacial score (nSPS) is 25.2. The molecule has 0 bridgehead atoms. The van der Waals surface area contributed by atoms with Crippen molar-refractivity contribution in [3.05, 3.63) is 23.5 Å². The first kappa shape index (κ1) is 13.3. The monoisotopic (exact) mass is 222 g/mol. The Hall–Kier alpha value is -0.720. The number of rotatable bonds is 4. The molecule has 1 nitrogen and oxygen atoms in total. The first-order valence-electron chi connectivity index (χ1n) is 6.43. The molecular weight excluding hydrogens is 196 g/mol. The fourth-order valence-corrected chi connectivity index (χ4v) is 2.68. The fourth-order valence-electron chi connectivity index (χ4n) is 2.68. The van der Waals surface area contributed by atoms with Crippen molar-refractivity contribution in [1.82, 2.24) is 0 Å². The Morgan fingerprint density at radius 3 is 2.81 bits per heavy atom. The van der Waals surface area contributed by atoms with Gasteiger partial charge in [0.25, 0.3) is 0 Å². The molecule has 0 spiro atoms. The maximum absolute atomic E-state index is 5.48. The van der Waals surface area contributed by atoms with Crippen molar-refractivity contribution in [3.63, 3.8) is 0 Å². The van der Waals surface area contributed by atoms with Crippen LogP contribution >= 0.6 is 0 Å². The molecule has 0 amide bonds. The van der Waals surface area contributed by atoms with Crippen LogP contribution in [0.15, 0.2) is 23.5 Å². The van der Waals surface area contributed by atoms with E-state index in [1.54, 1.807) is 5.57 Å². The van der Waals surface area contributed by atoms with Gasteiger partial charge >= 0.3 is 0 Å². The minimum absolute atomic E-state index is 0.432. The van der Waals surface area contributed by atoms with Gasteiger partial charge in [0.2, 0.25) is 0 Å². The van der Waals surface area contributed by atoms with E-state index < -0.39 is 0 Å². The summed E-state index contributed by atoms with van der Waals surface area (Å²) in [6.45, 7) is 11.9. The van der Waals surface area contributed by atoms with Crippen molar-refractivity contribution in [3.8, 4) is 0 Å². The summed E-state index contributed by atoms with van der Waals surface area (Å²) in [7, 11) is 0. The average molecular weight is 222 g/mol. The van der Waals surface area contributed by atoms with E-state index in [2.05, 4.69) is 39.8 Å². The Bertz CT molecular complexity index is 284. The zero-order chi connectivity index (χ0) is 12.2. The van der Waals surface area contributed by atoms with Crippen molar-refractivity contribution in [2.24, 2.45) is 11.3 Å². The summed E-state index contributed by atoms with van der Waals surface area (Å²) in [6.07, 6.45) is 8.31. The predicted molar refractivity (Wildman–Crippen MR) is 70.3 cm³/mol. The second kappa shape index (κ2) is 5.56.